The molecule has 0 aliphatic heterocycles. The molecule has 0 saturated carbocycles. The van der Waals surface area contributed by atoms with Crippen LogP contribution in [0.25, 0.3) is 0 Å². The van der Waals surface area contributed by atoms with Crippen LogP contribution in [0.1, 0.15) is 19.2 Å². The van der Waals surface area contributed by atoms with E-state index in [0.29, 0.717) is 5.82 Å². The molecule has 2 aromatic heterocycles. The summed E-state index contributed by atoms with van der Waals surface area (Å²) in [4.78, 5) is 16.6. The topological polar surface area (TPSA) is 77.6 Å². The molecule has 0 amide bonds. The highest BCUT2D eigenvalue weighted by Crippen LogP contribution is 2.24. The molecule has 5 nitrogen and oxygen atoms in total. The molecule has 0 saturated heterocycles. The van der Waals surface area contributed by atoms with E-state index in [1.54, 1.807) is 12.3 Å². The minimum Gasteiger partial charge on any atom is -0.384 e. The second-order valence-electron chi connectivity index (χ2n) is 3.45. The second-order valence-corrected chi connectivity index (χ2v) is 4.49. The molecule has 6 heteroatoms. The molecular formula is C11H13N5S. The maximum atomic E-state index is 5.75. The van der Waals surface area contributed by atoms with Crippen molar-refractivity contribution < 1.29 is 0 Å². The molecule has 0 spiro atoms. The zero-order valence-electron chi connectivity index (χ0n) is 9.50. The Hall–Kier alpha value is -1.69. The second kappa shape index (κ2) is 5.58. The highest BCUT2D eigenvalue weighted by Gasteiger charge is 2.04. The molecule has 0 fully saturated rings. The van der Waals surface area contributed by atoms with Crippen molar-refractivity contribution in [1.82, 2.24) is 19.9 Å². The largest absolute Gasteiger partial charge is 0.384 e. The Bertz CT molecular complexity index is 488. The van der Waals surface area contributed by atoms with Gasteiger partial charge in [-0.25, -0.2) is 19.9 Å². The summed E-state index contributed by atoms with van der Waals surface area (Å²) < 4.78 is 0. The summed E-state index contributed by atoms with van der Waals surface area (Å²) in [5.74, 6) is 1.28. The van der Waals surface area contributed by atoms with E-state index in [1.807, 2.05) is 6.07 Å². The zero-order valence-corrected chi connectivity index (χ0v) is 10.3. The normalized spacial score (nSPS) is 10.4. The van der Waals surface area contributed by atoms with E-state index in [-0.39, 0.29) is 0 Å². The number of hydrogen-bond donors (Lipinski definition) is 1. The smallest absolute Gasteiger partial charge is 0.132 e. The maximum absolute atomic E-state index is 5.75. The van der Waals surface area contributed by atoms with Crippen molar-refractivity contribution in [3.63, 3.8) is 0 Å². The van der Waals surface area contributed by atoms with Gasteiger partial charge in [-0.2, -0.15) is 0 Å². The first-order valence-electron chi connectivity index (χ1n) is 5.35. The van der Waals surface area contributed by atoms with E-state index in [4.69, 9.17) is 5.73 Å². The third-order valence-electron chi connectivity index (χ3n) is 2.01. The number of aromatic nitrogens is 4. The van der Waals surface area contributed by atoms with Gasteiger partial charge in [0.1, 0.15) is 28.0 Å². The third kappa shape index (κ3) is 3.39. The Morgan fingerprint density at radius 3 is 2.88 bits per heavy atom. The molecule has 88 valence electrons. The third-order valence-corrected chi connectivity index (χ3v) is 2.88. The number of nitrogens with two attached hydrogens (primary N) is 1. The highest BCUT2D eigenvalue weighted by atomic mass is 32.2. The van der Waals surface area contributed by atoms with E-state index >= 15 is 0 Å². The average molecular weight is 247 g/mol. The molecule has 0 radical (unpaired) electrons. The lowest BCUT2D eigenvalue weighted by molar-refractivity contribution is 0.812. The molecule has 2 N–H and O–H groups in total. The van der Waals surface area contributed by atoms with Gasteiger partial charge in [-0.1, -0.05) is 6.92 Å². The van der Waals surface area contributed by atoms with Crippen LogP contribution in [0.4, 0.5) is 5.82 Å². The van der Waals surface area contributed by atoms with Crippen LogP contribution < -0.4 is 5.73 Å². The molecule has 2 heterocycles. The van der Waals surface area contributed by atoms with Crippen LogP contribution in [0.3, 0.4) is 0 Å². The molecule has 0 aromatic carbocycles. The zero-order chi connectivity index (χ0) is 12.1. The van der Waals surface area contributed by atoms with Gasteiger partial charge >= 0.3 is 0 Å². The average Bonchev–Trinajstić information content (AvgIpc) is 2.30. The summed E-state index contributed by atoms with van der Waals surface area (Å²) in [5, 5.41) is 1.67. The van der Waals surface area contributed by atoms with Crippen molar-refractivity contribution in [2.45, 2.75) is 29.8 Å². The minimum absolute atomic E-state index is 0.500. The fraction of sp³-hybridized carbons (Fsp3) is 0.273. The predicted molar refractivity (Wildman–Crippen MR) is 66.6 cm³/mol. The number of nitrogen functional groups attached to an aromatic ring is 1. The van der Waals surface area contributed by atoms with E-state index in [2.05, 4.69) is 26.9 Å². The number of rotatable bonds is 4. The van der Waals surface area contributed by atoms with E-state index in [1.165, 1.54) is 18.1 Å². The van der Waals surface area contributed by atoms with Gasteiger partial charge < -0.3 is 5.73 Å². The Morgan fingerprint density at radius 1 is 1.29 bits per heavy atom. The van der Waals surface area contributed by atoms with Gasteiger partial charge in [0.25, 0.3) is 0 Å². The van der Waals surface area contributed by atoms with E-state index in [9.17, 15) is 0 Å². The quantitative estimate of drug-likeness (QED) is 0.832. The first kappa shape index (κ1) is 11.8. The Balaban J connectivity index is 2.21. The SMILES string of the molecule is CCCc1nc(N)cc(Sc2ccncn2)n1. The fourth-order valence-electron chi connectivity index (χ4n) is 1.33. The number of nitrogens with zero attached hydrogens (tertiary/aromatic N) is 4. The predicted octanol–water partition coefficient (Wildman–Crippen LogP) is 1.95. The van der Waals surface area contributed by atoms with Crippen molar-refractivity contribution in [3.8, 4) is 0 Å². The first-order valence-corrected chi connectivity index (χ1v) is 6.17. The monoisotopic (exact) mass is 247 g/mol. The lowest BCUT2D eigenvalue weighted by Crippen LogP contribution is -2.00. The maximum Gasteiger partial charge on any atom is 0.132 e. The summed E-state index contributed by atoms with van der Waals surface area (Å²) in [6.07, 6.45) is 5.05. The fourth-order valence-corrected chi connectivity index (χ4v) is 2.10. The number of hydrogen-bond acceptors (Lipinski definition) is 6. The van der Waals surface area contributed by atoms with Crippen LogP contribution in [0.2, 0.25) is 0 Å². The first-order chi connectivity index (χ1) is 8.28. The highest BCUT2D eigenvalue weighted by molar-refractivity contribution is 7.99. The lowest BCUT2D eigenvalue weighted by Gasteiger charge is -2.04. The summed E-state index contributed by atoms with van der Waals surface area (Å²) >= 11 is 1.46. The van der Waals surface area contributed by atoms with E-state index < -0.39 is 0 Å². The lowest BCUT2D eigenvalue weighted by atomic mass is 10.3. The Morgan fingerprint density at radius 2 is 2.18 bits per heavy atom. The summed E-state index contributed by atoms with van der Waals surface area (Å²) in [5.41, 5.74) is 5.75. The van der Waals surface area contributed by atoms with Gasteiger partial charge in [-0.05, 0) is 24.2 Å². The van der Waals surface area contributed by atoms with Gasteiger partial charge in [-0.15, -0.1) is 0 Å². The molecule has 0 unspecified atom stereocenters. The van der Waals surface area contributed by atoms with Gasteiger partial charge in [0.05, 0.1) is 0 Å². The van der Waals surface area contributed by atoms with Crippen molar-refractivity contribution in [3.05, 3.63) is 30.5 Å². The summed E-state index contributed by atoms with van der Waals surface area (Å²) in [7, 11) is 0. The van der Waals surface area contributed by atoms with Gasteiger partial charge in [0.15, 0.2) is 0 Å². The molecule has 17 heavy (non-hydrogen) atoms. The Kier molecular flexibility index (Phi) is 3.87. The molecule has 0 atom stereocenters. The number of anilines is 1. The van der Waals surface area contributed by atoms with Gasteiger partial charge in [0.2, 0.25) is 0 Å². The molecule has 0 aliphatic carbocycles. The van der Waals surface area contributed by atoms with Crippen LogP contribution in [0, 0.1) is 0 Å². The van der Waals surface area contributed by atoms with Crippen molar-refractivity contribution in [1.29, 1.82) is 0 Å². The van der Waals surface area contributed by atoms with Crippen LogP contribution in [0.5, 0.6) is 0 Å². The summed E-state index contributed by atoms with van der Waals surface area (Å²) in [6, 6.07) is 3.59. The van der Waals surface area contributed by atoms with E-state index in [0.717, 1.165) is 28.7 Å². The van der Waals surface area contributed by atoms with Crippen LogP contribution in [0.15, 0.2) is 34.7 Å². The van der Waals surface area contributed by atoms with Crippen LogP contribution in [-0.2, 0) is 6.42 Å². The molecule has 2 rings (SSSR count). The van der Waals surface area contributed by atoms with Crippen molar-refractivity contribution >= 4 is 17.6 Å². The molecule has 0 bridgehead atoms. The molecule has 0 aliphatic rings. The molecule has 2 aromatic rings. The minimum atomic E-state index is 0.500. The summed E-state index contributed by atoms with van der Waals surface area (Å²) in [6.45, 7) is 2.09. The van der Waals surface area contributed by atoms with Crippen LogP contribution >= 0.6 is 11.8 Å². The molecular weight excluding hydrogens is 234 g/mol. The standard InChI is InChI=1S/C11H13N5S/c1-2-3-9-15-8(12)6-11(16-9)17-10-4-5-13-7-14-10/h4-7H,2-3H2,1H3,(H2,12,15,16). The van der Waals surface area contributed by atoms with Crippen molar-refractivity contribution in [2.75, 3.05) is 5.73 Å². The Labute approximate surface area is 104 Å². The van der Waals surface area contributed by atoms with Gasteiger partial charge in [0, 0.05) is 18.7 Å². The number of aryl methyl sites for hydroxylation is 1. The van der Waals surface area contributed by atoms with Crippen molar-refractivity contribution in [2.24, 2.45) is 0 Å². The van der Waals surface area contributed by atoms with Gasteiger partial charge in [-0.3, -0.25) is 0 Å². The van der Waals surface area contributed by atoms with Crippen LogP contribution in [-0.4, -0.2) is 19.9 Å².